The van der Waals surface area contributed by atoms with Crippen LogP contribution < -0.4 is 15.8 Å². The molecule has 0 saturated carbocycles. The third kappa shape index (κ3) is 13.1. The van der Waals surface area contributed by atoms with Gasteiger partial charge in [0.05, 0.1) is 18.1 Å². The fourth-order valence-electron chi connectivity index (χ4n) is 4.67. The molecule has 2 aromatic heterocycles. The molecule has 0 bridgehead atoms. The molecule has 0 fully saturated rings. The number of unbranched alkanes of at least 4 members (excludes halogenated alkanes) is 4. The number of thiophene rings is 1. The van der Waals surface area contributed by atoms with E-state index >= 15 is 0 Å². The first kappa shape index (κ1) is 38.8. The lowest BCUT2D eigenvalue weighted by Gasteiger charge is -2.14. The molecule has 0 aliphatic carbocycles. The van der Waals surface area contributed by atoms with Gasteiger partial charge in [-0.2, -0.15) is 0 Å². The van der Waals surface area contributed by atoms with Crippen molar-refractivity contribution in [2.75, 3.05) is 13.2 Å². The van der Waals surface area contributed by atoms with Crippen LogP contribution >= 0.6 is 11.3 Å². The quantitative estimate of drug-likeness (QED) is 0.0934. The zero-order valence-corrected chi connectivity index (χ0v) is 29.6. The molecule has 0 spiro atoms. The summed E-state index contributed by atoms with van der Waals surface area (Å²) in [6, 6.07) is 18.0. The number of aliphatic hydroxyl groups is 1. The number of carbonyl (C=O) groups excluding carboxylic acids is 2. The van der Waals surface area contributed by atoms with Crippen LogP contribution in [0.1, 0.15) is 86.3 Å². The smallest absolute Gasteiger partial charge is 0.328 e. The van der Waals surface area contributed by atoms with E-state index in [1.165, 1.54) is 41.9 Å². The third-order valence-corrected chi connectivity index (χ3v) is 9.14. The summed E-state index contributed by atoms with van der Waals surface area (Å²) in [6.07, 6.45) is 10.2. The molecule has 11 heteroatoms. The van der Waals surface area contributed by atoms with Crippen LogP contribution in [0.15, 0.2) is 73.1 Å². The highest BCUT2D eigenvalue weighted by Gasteiger charge is 2.19. The van der Waals surface area contributed by atoms with Gasteiger partial charge in [0.25, 0.3) is 5.91 Å². The van der Waals surface area contributed by atoms with Gasteiger partial charge in [-0.05, 0) is 53.6 Å². The van der Waals surface area contributed by atoms with Gasteiger partial charge >= 0.3 is 5.97 Å². The molecule has 5 N–H and O–H groups in total. The van der Waals surface area contributed by atoms with Gasteiger partial charge in [0.15, 0.2) is 5.82 Å². The van der Waals surface area contributed by atoms with Crippen molar-refractivity contribution in [2.24, 2.45) is 5.73 Å². The standard InChI is InChI=1S/C29H35N3O5.C9H13NOS/c1-2-3-4-5-6-17-37-25-14-12-22(13-15-25)24-18-30-28(31-19-24)23-10-7-21(8-11-23)9-16-27(34)32-26(20-33)29(35)36;1-9(2,3)7-5-4-6(12-7)8(10)11/h7-8,10-15,18-19,26,33H,2-6,9,16-17,20H2,1H3,(H,32,34)(H,35,36);4-5H,1-3H3,(H2,10,11)/t26-;/m1./s1. The number of nitrogens with zero attached hydrogens (tertiary/aromatic N) is 2. The number of hydrogen-bond donors (Lipinski definition) is 4. The molecule has 0 unspecified atom stereocenters. The van der Waals surface area contributed by atoms with Crippen LogP contribution in [-0.2, 0) is 21.4 Å². The first-order valence-corrected chi connectivity index (χ1v) is 17.4. The maximum atomic E-state index is 11.9. The monoisotopic (exact) mass is 688 g/mol. The summed E-state index contributed by atoms with van der Waals surface area (Å²) in [6.45, 7) is 8.65. The van der Waals surface area contributed by atoms with Gasteiger partial charge in [-0.3, -0.25) is 9.59 Å². The van der Waals surface area contributed by atoms with Gasteiger partial charge < -0.3 is 26.0 Å². The Bertz CT molecular complexity index is 1610. The molecule has 262 valence electrons. The number of rotatable bonds is 16. The Kier molecular flexibility index (Phi) is 15.4. The zero-order valence-electron chi connectivity index (χ0n) is 28.8. The minimum absolute atomic E-state index is 0.109. The average Bonchev–Trinajstić information content (AvgIpc) is 3.61. The summed E-state index contributed by atoms with van der Waals surface area (Å²) in [7, 11) is 0. The molecule has 4 rings (SSSR count). The normalized spacial score (nSPS) is 11.6. The number of primary amides is 1. The van der Waals surface area contributed by atoms with Gasteiger partial charge in [-0.15, -0.1) is 11.3 Å². The van der Waals surface area contributed by atoms with Crippen LogP contribution in [0.2, 0.25) is 0 Å². The molecule has 49 heavy (non-hydrogen) atoms. The van der Waals surface area contributed by atoms with Gasteiger partial charge in [0.1, 0.15) is 11.8 Å². The highest BCUT2D eigenvalue weighted by Crippen LogP contribution is 2.29. The molecule has 0 aliphatic rings. The fourth-order valence-corrected chi connectivity index (χ4v) is 5.59. The van der Waals surface area contributed by atoms with Gasteiger partial charge in [-0.1, -0.05) is 89.8 Å². The van der Waals surface area contributed by atoms with Crippen molar-refractivity contribution in [1.82, 2.24) is 15.3 Å². The second-order valence-electron chi connectivity index (χ2n) is 12.7. The van der Waals surface area contributed by atoms with Crippen LogP contribution in [0.5, 0.6) is 5.75 Å². The number of carboxylic acid groups (broad SMARTS) is 1. The van der Waals surface area contributed by atoms with Crippen LogP contribution in [0.25, 0.3) is 22.5 Å². The predicted octanol–water partition coefficient (Wildman–Crippen LogP) is 6.80. The number of carbonyl (C=O) groups is 3. The van der Waals surface area contributed by atoms with E-state index in [9.17, 15) is 14.4 Å². The first-order valence-electron chi connectivity index (χ1n) is 16.6. The summed E-state index contributed by atoms with van der Waals surface area (Å²) in [5, 5.41) is 20.2. The van der Waals surface area contributed by atoms with E-state index in [4.69, 9.17) is 20.7 Å². The SMILES string of the molecule is CC(C)(C)c1ccc(C(N)=O)s1.CCCCCCCOc1ccc(-c2cnc(-c3ccc(CCC(=O)N[C@H](CO)C(=O)O)cc3)nc2)cc1. The third-order valence-electron chi connectivity index (χ3n) is 7.61. The highest BCUT2D eigenvalue weighted by atomic mass is 32.1. The van der Waals surface area contributed by atoms with Crippen molar-refractivity contribution in [3.63, 3.8) is 0 Å². The van der Waals surface area contributed by atoms with Crippen LogP contribution in [0.3, 0.4) is 0 Å². The highest BCUT2D eigenvalue weighted by molar-refractivity contribution is 7.14. The minimum atomic E-state index is -1.29. The fraction of sp³-hybridized carbons (Fsp3) is 0.395. The van der Waals surface area contributed by atoms with E-state index in [0.29, 0.717) is 17.1 Å². The van der Waals surface area contributed by atoms with Gasteiger partial charge in [0, 0.05) is 34.8 Å². The Morgan fingerprint density at radius 1 is 0.878 bits per heavy atom. The topological polar surface area (TPSA) is 165 Å². The summed E-state index contributed by atoms with van der Waals surface area (Å²) < 4.78 is 5.84. The molecule has 0 aliphatic heterocycles. The van der Waals surface area contributed by atoms with Gasteiger partial charge in [0.2, 0.25) is 5.91 Å². The number of benzene rings is 2. The average molecular weight is 689 g/mol. The predicted molar refractivity (Wildman–Crippen MR) is 194 cm³/mol. The van der Waals surface area contributed by atoms with E-state index in [1.807, 2.05) is 54.6 Å². The maximum absolute atomic E-state index is 11.9. The summed E-state index contributed by atoms with van der Waals surface area (Å²) in [5.74, 6) is -0.560. The molecule has 10 nitrogen and oxygen atoms in total. The number of aromatic nitrogens is 2. The minimum Gasteiger partial charge on any atom is -0.494 e. The van der Waals surface area contributed by atoms with Gasteiger partial charge in [-0.25, -0.2) is 14.8 Å². The number of carboxylic acids is 1. The Morgan fingerprint density at radius 2 is 1.51 bits per heavy atom. The van der Waals surface area contributed by atoms with E-state index in [1.54, 1.807) is 18.5 Å². The van der Waals surface area contributed by atoms with Crippen molar-refractivity contribution in [3.8, 4) is 28.3 Å². The molecular formula is C38H48N4O6S. The van der Waals surface area contributed by atoms with Crippen molar-refractivity contribution < 1.29 is 29.3 Å². The number of aliphatic hydroxyl groups excluding tert-OH is 1. The maximum Gasteiger partial charge on any atom is 0.328 e. The lowest BCUT2D eigenvalue weighted by molar-refractivity contribution is -0.142. The number of nitrogens with two attached hydrogens (primary N) is 1. The Morgan fingerprint density at radius 3 is 2.04 bits per heavy atom. The van der Waals surface area contributed by atoms with Crippen molar-refractivity contribution in [1.29, 1.82) is 0 Å². The Balaban J connectivity index is 0.000000456. The molecule has 0 radical (unpaired) electrons. The number of nitrogens with one attached hydrogen (secondary N) is 1. The van der Waals surface area contributed by atoms with Crippen molar-refractivity contribution in [2.45, 2.75) is 84.1 Å². The van der Waals surface area contributed by atoms with Crippen molar-refractivity contribution >= 4 is 29.1 Å². The van der Waals surface area contributed by atoms with Crippen molar-refractivity contribution in [3.05, 3.63) is 88.4 Å². The zero-order chi connectivity index (χ0) is 35.8. The number of aliphatic carboxylic acids is 1. The second kappa shape index (κ2) is 19.4. The lowest BCUT2D eigenvalue weighted by Crippen LogP contribution is -2.43. The second-order valence-corrected chi connectivity index (χ2v) is 13.8. The number of ether oxygens (including phenoxy) is 1. The molecule has 0 saturated heterocycles. The van der Waals surface area contributed by atoms with E-state index in [2.05, 4.69) is 43.0 Å². The lowest BCUT2D eigenvalue weighted by atomic mass is 9.95. The van der Waals surface area contributed by atoms with E-state index in [0.717, 1.165) is 41.0 Å². The van der Waals surface area contributed by atoms with E-state index < -0.39 is 24.5 Å². The molecular weight excluding hydrogens is 641 g/mol. The van der Waals surface area contributed by atoms with Crippen LogP contribution in [0.4, 0.5) is 0 Å². The molecule has 2 heterocycles. The van der Waals surface area contributed by atoms with Crippen LogP contribution in [0, 0.1) is 0 Å². The molecule has 4 aromatic rings. The number of aryl methyl sites for hydroxylation is 1. The number of amides is 2. The molecule has 1 atom stereocenters. The molecule has 2 amide bonds. The summed E-state index contributed by atoms with van der Waals surface area (Å²) in [5.41, 5.74) is 8.96. The first-order chi connectivity index (χ1) is 23.4. The van der Waals surface area contributed by atoms with Crippen LogP contribution in [-0.4, -0.2) is 57.2 Å². The summed E-state index contributed by atoms with van der Waals surface area (Å²) >= 11 is 1.47. The Labute approximate surface area is 292 Å². The molecule has 2 aromatic carbocycles. The Hall–Kier alpha value is -4.61. The number of hydrogen-bond acceptors (Lipinski definition) is 8. The largest absolute Gasteiger partial charge is 0.494 e. The summed E-state index contributed by atoms with van der Waals surface area (Å²) in [4.78, 5) is 44.5. The van der Waals surface area contributed by atoms with E-state index in [-0.39, 0.29) is 17.7 Å².